The van der Waals surface area contributed by atoms with Crippen LogP contribution in [0.25, 0.3) is 5.69 Å². The molecule has 122 valence electrons. The highest BCUT2D eigenvalue weighted by molar-refractivity contribution is 8.00. The molecule has 0 saturated carbocycles. The average molecular weight is 359 g/mol. The van der Waals surface area contributed by atoms with Gasteiger partial charge in [0.15, 0.2) is 0 Å². The zero-order chi connectivity index (χ0) is 16.9. The summed E-state index contributed by atoms with van der Waals surface area (Å²) in [6, 6.07) is 13.3. The van der Waals surface area contributed by atoms with E-state index in [2.05, 4.69) is 15.4 Å². The Labute approximate surface area is 149 Å². The molecule has 0 aliphatic heterocycles. The highest BCUT2D eigenvalue weighted by Gasteiger charge is 2.10. The third-order valence-corrected chi connectivity index (χ3v) is 4.54. The molecule has 0 bridgehead atoms. The number of hydrogen-bond donors (Lipinski definition) is 1. The van der Waals surface area contributed by atoms with Crippen LogP contribution in [-0.4, -0.2) is 26.4 Å². The maximum Gasteiger partial charge on any atom is 0.234 e. The number of benzene rings is 2. The van der Waals surface area contributed by atoms with Gasteiger partial charge in [-0.25, -0.2) is 9.67 Å². The number of nitrogens with one attached hydrogen (secondary N) is 1. The maximum absolute atomic E-state index is 12.3. The van der Waals surface area contributed by atoms with Gasteiger partial charge in [-0.1, -0.05) is 29.3 Å². The van der Waals surface area contributed by atoms with Crippen LogP contribution in [-0.2, 0) is 4.79 Å². The number of rotatable bonds is 5. The number of aryl methyl sites for hydroxylation is 1. The quantitative estimate of drug-likeness (QED) is 0.701. The smallest absolute Gasteiger partial charge is 0.234 e. The minimum absolute atomic E-state index is 0.107. The summed E-state index contributed by atoms with van der Waals surface area (Å²) in [7, 11) is 0. The number of carbonyl (C=O) groups is 1. The molecule has 3 aromatic rings. The van der Waals surface area contributed by atoms with Crippen molar-refractivity contribution in [3.8, 4) is 5.69 Å². The summed E-state index contributed by atoms with van der Waals surface area (Å²) in [5.74, 6) is 0.205. The third kappa shape index (κ3) is 4.15. The molecule has 1 aromatic heterocycles. The maximum atomic E-state index is 12.3. The van der Waals surface area contributed by atoms with Crippen molar-refractivity contribution in [1.82, 2.24) is 14.8 Å². The summed E-state index contributed by atoms with van der Waals surface area (Å²) < 4.78 is 1.58. The molecular weight excluding hydrogens is 344 g/mol. The molecule has 0 aliphatic rings. The van der Waals surface area contributed by atoms with Crippen molar-refractivity contribution in [2.45, 2.75) is 11.8 Å². The number of thioether (sulfide) groups is 1. The van der Waals surface area contributed by atoms with Crippen LogP contribution in [0.5, 0.6) is 0 Å². The Morgan fingerprint density at radius 1 is 1.25 bits per heavy atom. The van der Waals surface area contributed by atoms with Gasteiger partial charge in [-0.2, -0.15) is 5.10 Å². The fourth-order valence-corrected chi connectivity index (χ4v) is 2.98. The Bertz CT molecular complexity index is 834. The van der Waals surface area contributed by atoms with Crippen molar-refractivity contribution in [3.63, 3.8) is 0 Å². The van der Waals surface area contributed by atoms with Crippen LogP contribution in [0.4, 0.5) is 5.69 Å². The largest absolute Gasteiger partial charge is 0.323 e. The van der Waals surface area contributed by atoms with Crippen LogP contribution in [0.1, 0.15) is 5.56 Å². The van der Waals surface area contributed by atoms with Gasteiger partial charge in [0.1, 0.15) is 12.7 Å². The highest BCUT2D eigenvalue weighted by Crippen LogP contribution is 2.25. The van der Waals surface area contributed by atoms with Gasteiger partial charge in [0.2, 0.25) is 5.91 Å². The summed E-state index contributed by atoms with van der Waals surface area (Å²) in [6.07, 6.45) is 3.01. The normalized spacial score (nSPS) is 10.6. The molecule has 0 fully saturated rings. The first kappa shape index (κ1) is 16.5. The van der Waals surface area contributed by atoms with Crippen molar-refractivity contribution in [2.75, 3.05) is 11.1 Å². The van der Waals surface area contributed by atoms with Gasteiger partial charge in [0.05, 0.1) is 17.1 Å². The molecular formula is C17H15ClN4OS. The van der Waals surface area contributed by atoms with Crippen molar-refractivity contribution >= 4 is 35.0 Å². The van der Waals surface area contributed by atoms with E-state index in [1.807, 2.05) is 31.2 Å². The summed E-state index contributed by atoms with van der Waals surface area (Å²) in [6.45, 7) is 2.03. The zero-order valence-electron chi connectivity index (χ0n) is 12.9. The van der Waals surface area contributed by atoms with Gasteiger partial charge in [0, 0.05) is 9.92 Å². The Balaban J connectivity index is 1.70. The molecule has 24 heavy (non-hydrogen) atoms. The van der Waals surface area contributed by atoms with E-state index in [4.69, 9.17) is 11.6 Å². The fourth-order valence-electron chi connectivity index (χ4n) is 2.11. The second-order valence-electron chi connectivity index (χ2n) is 5.15. The van der Waals surface area contributed by atoms with Crippen molar-refractivity contribution in [1.29, 1.82) is 0 Å². The van der Waals surface area contributed by atoms with E-state index in [0.29, 0.717) is 22.2 Å². The van der Waals surface area contributed by atoms with Crippen LogP contribution in [0.3, 0.4) is 0 Å². The second kappa shape index (κ2) is 7.51. The van der Waals surface area contributed by atoms with Crippen molar-refractivity contribution in [3.05, 3.63) is 65.7 Å². The van der Waals surface area contributed by atoms with E-state index < -0.39 is 0 Å². The van der Waals surface area contributed by atoms with Gasteiger partial charge in [-0.05, 0) is 37.3 Å². The number of anilines is 1. The minimum atomic E-state index is -0.107. The van der Waals surface area contributed by atoms with Crippen LogP contribution < -0.4 is 5.32 Å². The third-order valence-electron chi connectivity index (χ3n) is 3.29. The fraction of sp³-hybridized carbons (Fsp3) is 0.118. The molecule has 2 aromatic carbocycles. The topological polar surface area (TPSA) is 59.8 Å². The van der Waals surface area contributed by atoms with Crippen LogP contribution in [0.15, 0.2) is 60.0 Å². The van der Waals surface area contributed by atoms with Gasteiger partial charge >= 0.3 is 0 Å². The predicted molar refractivity (Wildman–Crippen MR) is 96.9 cm³/mol. The number of halogens is 1. The first-order chi connectivity index (χ1) is 11.6. The summed E-state index contributed by atoms with van der Waals surface area (Å²) in [4.78, 5) is 17.2. The Morgan fingerprint density at radius 3 is 2.75 bits per heavy atom. The van der Waals surface area contributed by atoms with Crippen LogP contribution >= 0.6 is 23.4 Å². The molecule has 3 rings (SSSR count). The first-order valence-corrected chi connectivity index (χ1v) is 8.62. The number of hydrogen-bond acceptors (Lipinski definition) is 4. The molecule has 0 spiro atoms. The van der Waals surface area contributed by atoms with Crippen molar-refractivity contribution in [2.24, 2.45) is 0 Å². The Morgan fingerprint density at radius 2 is 2.04 bits per heavy atom. The molecule has 7 heteroatoms. The molecule has 1 amide bonds. The van der Waals surface area contributed by atoms with Crippen LogP contribution in [0.2, 0.25) is 5.02 Å². The Hall–Kier alpha value is -2.31. The lowest BCUT2D eigenvalue weighted by Gasteiger charge is -2.11. The number of aromatic nitrogens is 3. The van der Waals surface area contributed by atoms with E-state index >= 15 is 0 Å². The van der Waals surface area contributed by atoms with Crippen molar-refractivity contribution < 1.29 is 4.79 Å². The van der Waals surface area contributed by atoms with E-state index in [9.17, 15) is 4.79 Å². The molecule has 0 radical (unpaired) electrons. The lowest BCUT2D eigenvalue weighted by atomic mass is 10.2. The molecule has 0 atom stereocenters. The van der Waals surface area contributed by atoms with E-state index in [1.54, 1.807) is 29.2 Å². The summed E-state index contributed by atoms with van der Waals surface area (Å²) >= 11 is 7.53. The SMILES string of the molecule is Cc1ccc(SCC(=O)Nc2cc(Cl)ccc2-n2cncn2)cc1. The highest BCUT2D eigenvalue weighted by atomic mass is 35.5. The van der Waals surface area contributed by atoms with Gasteiger partial charge in [-0.3, -0.25) is 4.79 Å². The molecule has 1 heterocycles. The molecule has 1 N–H and O–H groups in total. The van der Waals surface area contributed by atoms with E-state index in [1.165, 1.54) is 23.7 Å². The summed E-state index contributed by atoms with van der Waals surface area (Å²) in [5.41, 5.74) is 2.51. The summed E-state index contributed by atoms with van der Waals surface area (Å²) in [5, 5.41) is 7.52. The van der Waals surface area contributed by atoms with Gasteiger partial charge in [0.25, 0.3) is 0 Å². The lowest BCUT2D eigenvalue weighted by Crippen LogP contribution is -2.16. The molecule has 0 aliphatic carbocycles. The van der Waals surface area contributed by atoms with E-state index in [-0.39, 0.29) is 5.91 Å². The zero-order valence-corrected chi connectivity index (χ0v) is 14.5. The van der Waals surface area contributed by atoms with Gasteiger partial charge < -0.3 is 5.32 Å². The average Bonchev–Trinajstić information content (AvgIpc) is 3.09. The first-order valence-electron chi connectivity index (χ1n) is 7.26. The Kier molecular flexibility index (Phi) is 5.17. The number of carbonyl (C=O) groups excluding carboxylic acids is 1. The number of amides is 1. The van der Waals surface area contributed by atoms with Gasteiger partial charge in [-0.15, -0.1) is 11.8 Å². The van der Waals surface area contributed by atoms with Crippen LogP contribution in [0, 0.1) is 6.92 Å². The minimum Gasteiger partial charge on any atom is -0.323 e. The standard InChI is InChI=1S/C17H15ClN4OS/c1-12-2-5-14(6-3-12)24-9-17(23)21-15-8-13(18)4-7-16(15)22-11-19-10-20-22/h2-8,10-11H,9H2,1H3,(H,21,23). The second-order valence-corrected chi connectivity index (χ2v) is 6.64. The van der Waals surface area contributed by atoms with E-state index in [0.717, 1.165) is 4.90 Å². The molecule has 0 saturated heterocycles. The number of nitrogens with zero attached hydrogens (tertiary/aromatic N) is 3. The lowest BCUT2D eigenvalue weighted by molar-refractivity contribution is -0.113. The monoisotopic (exact) mass is 358 g/mol. The molecule has 5 nitrogen and oxygen atoms in total. The predicted octanol–water partition coefficient (Wildman–Crippen LogP) is 3.96. The molecule has 0 unspecified atom stereocenters.